The zero-order chi connectivity index (χ0) is 13.9. The molecule has 0 bridgehead atoms. The molecule has 0 aliphatic heterocycles. The number of rotatable bonds is 2. The summed E-state index contributed by atoms with van der Waals surface area (Å²) in [5.41, 5.74) is 0.819. The van der Waals surface area contributed by atoms with Gasteiger partial charge in [0.15, 0.2) is 0 Å². The second-order valence-corrected chi connectivity index (χ2v) is 10.00. The molecule has 0 heterocycles. The number of hydrogen-bond acceptors (Lipinski definition) is 0. The summed E-state index contributed by atoms with van der Waals surface area (Å²) in [6.07, 6.45) is 2.00. The predicted molar refractivity (Wildman–Crippen MR) is 88.3 cm³/mol. The van der Waals surface area contributed by atoms with Crippen LogP contribution in [-0.2, 0) is 14.8 Å². The van der Waals surface area contributed by atoms with E-state index in [2.05, 4.69) is 77.0 Å². The first kappa shape index (κ1) is 20.1. The minimum atomic E-state index is -1.16. The van der Waals surface area contributed by atoms with E-state index in [9.17, 15) is 0 Å². The third-order valence-corrected chi connectivity index (χ3v) is 7.67. The van der Waals surface area contributed by atoms with Crippen LogP contribution < -0.4 is 5.19 Å². The summed E-state index contributed by atoms with van der Waals surface area (Å²) in [4.78, 5) is 0. The third kappa shape index (κ3) is 8.50. The fraction of sp³-hybridized carbons (Fsp3) is 0.500. The Morgan fingerprint density at radius 1 is 1.06 bits per heavy atom. The molecule has 0 fully saturated rings. The van der Waals surface area contributed by atoms with Crippen LogP contribution in [0.2, 0.25) is 18.6 Å². The molecule has 1 rings (SSSR count). The first-order valence-electron chi connectivity index (χ1n) is 6.03. The van der Waals surface area contributed by atoms with Gasteiger partial charge in [-0.2, -0.15) is 13.8 Å². The normalized spacial score (nSPS) is 10.0. The average molecular weight is 414 g/mol. The molecule has 0 saturated heterocycles. The fourth-order valence-electron chi connectivity index (χ4n) is 1.20. The SMILES string of the molecule is CC(C)[Si](C)(C)c1ccccc1.C[CH-]C.[Zn+][I]. The van der Waals surface area contributed by atoms with E-state index in [4.69, 9.17) is 0 Å². The van der Waals surface area contributed by atoms with Crippen LogP contribution in [0.25, 0.3) is 0 Å². The van der Waals surface area contributed by atoms with Gasteiger partial charge in [-0.3, -0.25) is 0 Å². The van der Waals surface area contributed by atoms with Gasteiger partial charge in [0.05, 0.1) is 8.07 Å². The maximum absolute atomic E-state index is 2.44. The zero-order valence-electron chi connectivity index (χ0n) is 12.1. The fourth-order valence-corrected chi connectivity index (χ4v) is 2.92. The van der Waals surface area contributed by atoms with Gasteiger partial charge in [-0.1, -0.05) is 62.5 Å². The Labute approximate surface area is 130 Å². The Kier molecular flexibility index (Phi) is 14.0. The van der Waals surface area contributed by atoms with Crippen LogP contribution in [0.4, 0.5) is 0 Å². The van der Waals surface area contributed by atoms with Crippen LogP contribution in [0.5, 0.6) is 0 Å². The third-order valence-electron chi connectivity index (χ3n) is 2.96. The van der Waals surface area contributed by atoms with E-state index in [0.29, 0.717) is 0 Å². The summed E-state index contributed by atoms with van der Waals surface area (Å²) < 4.78 is 0. The number of hydrogen-bond donors (Lipinski definition) is 0. The molecule has 0 unspecified atom stereocenters. The molecule has 94 valence electrons. The molecule has 0 aliphatic carbocycles. The molecular formula is C14H25ISiZn. The van der Waals surface area contributed by atoms with E-state index in [1.165, 1.54) is 14.8 Å². The van der Waals surface area contributed by atoms with Crippen molar-refractivity contribution >= 4 is 33.0 Å². The van der Waals surface area contributed by atoms with Crippen LogP contribution in [0.15, 0.2) is 30.3 Å². The topological polar surface area (TPSA) is 0 Å². The van der Waals surface area contributed by atoms with Crippen molar-refractivity contribution in [2.75, 3.05) is 0 Å². The predicted octanol–water partition coefficient (Wildman–Crippen LogP) is 5.13. The summed E-state index contributed by atoms with van der Waals surface area (Å²) in [6.45, 7) is 13.5. The summed E-state index contributed by atoms with van der Waals surface area (Å²) in [6, 6.07) is 10.9. The van der Waals surface area contributed by atoms with E-state index in [1.807, 2.05) is 20.3 Å². The van der Waals surface area contributed by atoms with Crippen molar-refractivity contribution < 1.29 is 14.8 Å². The van der Waals surface area contributed by atoms with Gasteiger partial charge < -0.3 is 6.42 Å². The Balaban J connectivity index is 0. The minimum absolute atomic E-state index is 0.819. The molecular weight excluding hydrogens is 389 g/mol. The first-order chi connectivity index (χ1) is 7.96. The molecule has 0 saturated carbocycles. The van der Waals surface area contributed by atoms with E-state index < -0.39 is 8.07 Å². The van der Waals surface area contributed by atoms with Gasteiger partial charge in [0, 0.05) is 0 Å². The molecule has 0 radical (unpaired) electrons. The van der Waals surface area contributed by atoms with Gasteiger partial charge in [-0.05, 0) is 5.54 Å². The van der Waals surface area contributed by atoms with Crippen molar-refractivity contribution in [3.05, 3.63) is 36.8 Å². The van der Waals surface area contributed by atoms with Crippen LogP contribution in [-0.4, -0.2) is 8.07 Å². The quantitative estimate of drug-likeness (QED) is 0.358. The van der Waals surface area contributed by atoms with Crippen molar-refractivity contribution in [3.8, 4) is 0 Å². The Morgan fingerprint density at radius 3 is 1.71 bits per heavy atom. The Morgan fingerprint density at radius 2 is 1.41 bits per heavy atom. The Bertz CT molecular complexity index is 260. The van der Waals surface area contributed by atoms with Crippen LogP contribution >= 0.6 is 19.8 Å². The first-order valence-corrected chi connectivity index (χ1v) is 18.2. The monoisotopic (exact) mass is 412 g/mol. The number of halogens is 1. The van der Waals surface area contributed by atoms with E-state index >= 15 is 0 Å². The standard InChI is InChI=1S/C11H18Si.C3H7.HI.Zn/c1-10(2)12(3,4)11-8-6-5-7-9-11;1-3-2;;/h5-10H,1-4H3;3H,1-2H3;1H;/q;-1;;+2/p-1. The van der Waals surface area contributed by atoms with E-state index in [1.54, 1.807) is 5.19 Å². The summed E-state index contributed by atoms with van der Waals surface area (Å²) in [7, 11) is -1.16. The van der Waals surface area contributed by atoms with Gasteiger partial charge in [-0.15, -0.1) is 0 Å². The van der Waals surface area contributed by atoms with Crippen molar-refractivity contribution in [3.63, 3.8) is 0 Å². The molecule has 0 spiro atoms. The van der Waals surface area contributed by atoms with Crippen molar-refractivity contribution in [1.82, 2.24) is 0 Å². The molecule has 0 aliphatic rings. The van der Waals surface area contributed by atoms with Gasteiger partial charge in [0.2, 0.25) is 0 Å². The molecule has 0 aromatic heterocycles. The molecule has 0 nitrogen and oxygen atoms in total. The summed E-state index contributed by atoms with van der Waals surface area (Å²) >= 11 is 3.62. The van der Waals surface area contributed by atoms with Crippen LogP contribution in [0.3, 0.4) is 0 Å². The molecule has 0 atom stereocenters. The second kappa shape index (κ2) is 11.9. The summed E-state index contributed by atoms with van der Waals surface area (Å²) in [5.74, 6) is 0. The molecule has 3 heteroatoms. The second-order valence-electron chi connectivity index (χ2n) is 4.82. The molecule has 0 amide bonds. The van der Waals surface area contributed by atoms with Gasteiger partial charge >= 0.3 is 34.5 Å². The van der Waals surface area contributed by atoms with Gasteiger partial charge in [0.25, 0.3) is 0 Å². The molecule has 1 aromatic rings. The molecule has 17 heavy (non-hydrogen) atoms. The van der Waals surface area contributed by atoms with E-state index in [-0.39, 0.29) is 0 Å². The van der Waals surface area contributed by atoms with Gasteiger partial charge in [0.1, 0.15) is 0 Å². The van der Waals surface area contributed by atoms with Crippen LogP contribution in [0, 0.1) is 6.42 Å². The van der Waals surface area contributed by atoms with E-state index in [0.717, 1.165) is 5.54 Å². The van der Waals surface area contributed by atoms with Crippen molar-refractivity contribution in [2.24, 2.45) is 0 Å². The molecule has 0 N–H and O–H groups in total. The van der Waals surface area contributed by atoms with Crippen molar-refractivity contribution in [2.45, 2.75) is 46.3 Å². The van der Waals surface area contributed by atoms with Crippen LogP contribution in [0.1, 0.15) is 27.7 Å². The number of benzene rings is 1. The Hall–Kier alpha value is 0.790. The maximum atomic E-state index is 2.44. The molecule has 1 aromatic carbocycles. The van der Waals surface area contributed by atoms with Crippen molar-refractivity contribution in [1.29, 1.82) is 0 Å². The zero-order valence-corrected chi connectivity index (χ0v) is 18.3. The average Bonchev–Trinajstić information content (AvgIpc) is 2.33. The van der Waals surface area contributed by atoms with Gasteiger partial charge in [-0.25, -0.2) is 0 Å². The summed E-state index contributed by atoms with van der Waals surface area (Å²) in [5, 5.41) is 1.57.